The van der Waals surface area contributed by atoms with Crippen molar-refractivity contribution in [1.82, 2.24) is 4.90 Å². The molecule has 94 valence electrons. The topological polar surface area (TPSA) is 15.3 Å². The van der Waals surface area contributed by atoms with Crippen molar-refractivity contribution in [3.63, 3.8) is 0 Å². The molecule has 1 aromatic rings. The average molecular weight is 236 g/mol. The normalized spacial score (nSPS) is 21.5. The lowest BCUT2D eigenvalue weighted by molar-refractivity contribution is 0.217. The van der Waals surface area contributed by atoms with Crippen LogP contribution >= 0.6 is 0 Å². The standard InChI is InChI=1S/C14H21FN2/c1-11-8-13(5-6-14(11)15)16-9-12-4-3-7-17(2)10-12/h5-6,8,12,16H,3-4,7,9-10H2,1-2H3. The van der Waals surface area contributed by atoms with E-state index in [1.165, 1.54) is 25.5 Å². The number of likely N-dealkylation sites (tertiary alicyclic amines) is 1. The van der Waals surface area contributed by atoms with Gasteiger partial charge in [0.15, 0.2) is 0 Å². The highest BCUT2D eigenvalue weighted by atomic mass is 19.1. The van der Waals surface area contributed by atoms with Crippen LogP contribution < -0.4 is 5.32 Å². The van der Waals surface area contributed by atoms with Crippen LogP contribution in [0.15, 0.2) is 18.2 Å². The Kier molecular flexibility index (Phi) is 4.00. The van der Waals surface area contributed by atoms with Crippen LogP contribution in [-0.2, 0) is 0 Å². The van der Waals surface area contributed by atoms with Crippen molar-refractivity contribution in [2.45, 2.75) is 19.8 Å². The number of nitrogens with zero attached hydrogens (tertiary/aromatic N) is 1. The lowest BCUT2D eigenvalue weighted by Gasteiger charge is -2.30. The van der Waals surface area contributed by atoms with Gasteiger partial charge in [0.1, 0.15) is 5.82 Å². The van der Waals surface area contributed by atoms with Crippen molar-refractivity contribution >= 4 is 5.69 Å². The third kappa shape index (κ3) is 3.43. The van der Waals surface area contributed by atoms with E-state index >= 15 is 0 Å². The van der Waals surface area contributed by atoms with Gasteiger partial charge in [0.05, 0.1) is 0 Å². The smallest absolute Gasteiger partial charge is 0.126 e. The van der Waals surface area contributed by atoms with Crippen molar-refractivity contribution in [1.29, 1.82) is 0 Å². The van der Waals surface area contributed by atoms with Crippen molar-refractivity contribution in [2.75, 3.05) is 32.0 Å². The minimum absolute atomic E-state index is 0.132. The van der Waals surface area contributed by atoms with E-state index in [0.29, 0.717) is 11.5 Å². The summed E-state index contributed by atoms with van der Waals surface area (Å²) in [5, 5.41) is 3.41. The molecule has 1 aliphatic heterocycles. The minimum Gasteiger partial charge on any atom is -0.385 e. The number of hydrogen-bond donors (Lipinski definition) is 1. The van der Waals surface area contributed by atoms with E-state index < -0.39 is 0 Å². The number of benzene rings is 1. The predicted molar refractivity (Wildman–Crippen MR) is 69.8 cm³/mol. The Bertz CT molecular complexity index is 378. The molecule has 17 heavy (non-hydrogen) atoms. The molecule has 2 nitrogen and oxygen atoms in total. The Balaban J connectivity index is 1.86. The van der Waals surface area contributed by atoms with Gasteiger partial charge in [0.25, 0.3) is 0 Å². The molecule has 0 aromatic heterocycles. The number of rotatable bonds is 3. The van der Waals surface area contributed by atoms with E-state index in [1.54, 1.807) is 6.92 Å². The molecule has 3 heteroatoms. The molecule has 0 saturated carbocycles. The second-order valence-electron chi connectivity index (χ2n) is 5.12. The number of nitrogens with one attached hydrogen (secondary N) is 1. The van der Waals surface area contributed by atoms with E-state index in [9.17, 15) is 4.39 Å². The van der Waals surface area contributed by atoms with Gasteiger partial charge in [-0.25, -0.2) is 4.39 Å². The molecule has 1 unspecified atom stereocenters. The zero-order chi connectivity index (χ0) is 12.3. The summed E-state index contributed by atoms with van der Waals surface area (Å²) >= 11 is 0. The van der Waals surface area contributed by atoms with Gasteiger partial charge in [-0.05, 0) is 63.0 Å². The third-order valence-corrected chi connectivity index (χ3v) is 3.47. The fraction of sp³-hybridized carbons (Fsp3) is 0.571. The maximum atomic E-state index is 13.1. The first-order chi connectivity index (χ1) is 8.15. The van der Waals surface area contributed by atoms with Gasteiger partial charge in [0, 0.05) is 18.8 Å². The second-order valence-corrected chi connectivity index (χ2v) is 5.12. The van der Waals surface area contributed by atoms with Crippen LogP contribution in [0.2, 0.25) is 0 Å². The van der Waals surface area contributed by atoms with Gasteiger partial charge in [-0.15, -0.1) is 0 Å². The Morgan fingerprint density at radius 3 is 3.00 bits per heavy atom. The average Bonchev–Trinajstić information content (AvgIpc) is 2.31. The van der Waals surface area contributed by atoms with Gasteiger partial charge in [-0.3, -0.25) is 0 Å². The van der Waals surface area contributed by atoms with Crippen LogP contribution in [0.1, 0.15) is 18.4 Å². The van der Waals surface area contributed by atoms with Crippen LogP contribution in [0.5, 0.6) is 0 Å². The SMILES string of the molecule is Cc1cc(NCC2CCCN(C)C2)ccc1F. The molecule has 0 bridgehead atoms. The molecular weight excluding hydrogens is 215 g/mol. The Hall–Kier alpha value is -1.09. The van der Waals surface area contributed by atoms with E-state index in [0.717, 1.165) is 18.8 Å². The first-order valence-corrected chi connectivity index (χ1v) is 6.33. The summed E-state index contributed by atoms with van der Waals surface area (Å²) in [4.78, 5) is 2.38. The molecule has 1 saturated heterocycles. The summed E-state index contributed by atoms with van der Waals surface area (Å²) in [6, 6.07) is 5.22. The number of anilines is 1. The lowest BCUT2D eigenvalue weighted by Crippen LogP contribution is -2.35. The van der Waals surface area contributed by atoms with Gasteiger partial charge in [-0.2, -0.15) is 0 Å². The fourth-order valence-corrected chi connectivity index (χ4v) is 2.46. The molecule has 1 heterocycles. The van der Waals surface area contributed by atoms with Crippen molar-refractivity contribution in [3.8, 4) is 0 Å². The molecule has 2 rings (SSSR count). The van der Waals surface area contributed by atoms with Crippen LogP contribution in [0.25, 0.3) is 0 Å². The highest BCUT2D eigenvalue weighted by Crippen LogP contribution is 2.18. The zero-order valence-corrected chi connectivity index (χ0v) is 10.7. The Morgan fingerprint density at radius 1 is 1.47 bits per heavy atom. The molecule has 0 spiro atoms. The number of aryl methyl sites for hydroxylation is 1. The Labute approximate surface area is 103 Å². The largest absolute Gasteiger partial charge is 0.385 e. The first kappa shape index (κ1) is 12.4. The number of halogens is 1. The molecule has 0 radical (unpaired) electrons. The molecular formula is C14H21FN2. The molecule has 0 aliphatic carbocycles. The van der Waals surface area contributed by atoms with E-state index in [4.69, 9.17) is 0 Å². The van der Waals surface area contributed by atoms with Gasteiger partial charge < -0.3 is 10.2 Å². The molecule has 1 aliphatic rings. The van der Waals surface area contributed by atoms with Crippen LogP contribution in [-0.4, -0.2) is 31.6 Å². The minimum atomic E-state index is -0.132. The summed E-state index contributed by atoms with van der Waals surface area (Å²) in [6.45, 7) is 5.16. The summed E-state index contributed by atoms with van der Waals surface area (Å²) in [5.74, 6) is 0.576. The van der Waals surface area contributed by atoms with Gasteiger partial charge in [-0.1, -0.05) is 0 Å². The van der Waals surface area contributed by atoms with E-state index in [-0.39, 0.29) is 5.82 Å². The third-order valence-electron chi connectivity index (χ3n) is 3.47. The maximum absolute atomic E-state index is 13.1. The Morgan fingerprint density at radius 2 is 2.29 bits per heavy atom. The zero-order valence-electron chi connectivity index (χ0n) is 10.7. The number of piperidine rings is 1. The number of hydrogen-bond acceptors (Lipinski definition) is 2. The lowest BCUT2D eigenvalue weighted by atomic mass is 9.98. The van der Waals surface area contributed by atoms with Crippen molar-refractivity contribution < 1.29 is 4.39 Å². The highest BCUT2D eigenvalue weighted by Gasteiger charge is 2.16. The monoisotopic (exact) mass is 236 g/mol. The van der Waals surface area contributed by atoms with Crippen LogP contribution in [0, 0.1) is 18.7 Å². The highest BCUT2D eigenvalue weighted by molar-refractivity contribution is 5.45. The van der Waals surface area contributed by atoms with Crippen LogP contribution in [0.4, 0.5) is 10.1 Å². The van der Waals surface area contributed by atoms with Crippen LogP contribution in [0.3, 0.4) is 0 Å². The summed E-state index contributed by atoms with van der Waals surface area (Å²) in [6.07, 6.45) is 2.57. The van der Waals surface area contributed by atoms with E-state index in [1.807, 2.05) is 12.1 Å². The molecule has 0 amide bonds. The molecule has 1 fully saturated rings. The molecule has 1 aromatic carbocycles. The summed E-state index contributed by atoms with van der Waals surface area (Å²) < 4.78 is 13.1. The molecule has 1 atom stereocenters. The second kappa shape index (κ2) is 5.50. The van der Waals surface area contributed by atoms with Crippen molar-refractivity contribution in [2.24, 2.45) is 5.92 Å². The fourth-order valence-electron chi connectivity index (χ4n) is 2.46. The quantitative estimate of drug-likeness (QED) is 0.868. The first-order valence-electron chi connectivity index (χ1n) is 6.33. The maximum Gasteiger partial charge on any atom is 0.126 e. The summed E-state index contributed by atoms with van der Waals surface area (Å²) in [7, 11) is 2.17. The van der Waals surface area contributed by atoms with Crippen molar-refractivity contribution in [3.05, 3.63) is 29.6 Å². The van der Waals surface area contributed by atoms with Gasteiger partial charge in [0.2, 0.25) is 0 Å². The molecule has 1 N–H and O–H groups in total. The van der Waals surface area contributed by atoms with Gasteiger partial charge >= 0.3 is 0 Å². The van der Waals surface area contributed by atoms with E-state index in [2.05, 4.69) is 17.3 Å². The summed E-state index contributed by atoms with van der Waals surface area (Å²) in [5.41, 5.74) is 1.73. The predicted octanol–water partition coefficient (Wildman–Crippen LogP) is 2.89.